The summed E-state index contributed by atoms with van der Waals surface area (Å²) in [5.41, 5.74) is 1.46. The first-order chi connectivity index (χ1) is 11.8. The largest absolute Gasteiger partial charge is 0.373 e. The lowest BCUT2D eigenvalue weighted by molar-refractivity contribution is -0.0809. The number of rotatable bonds is 4. The van der Waals surface area contributed by atoms with Crippen molar-refractivity contribution in [2.24, 2.45) is 0 Å². The van der Waals surface area contributed by atoms with Gasteiger partial charge in [0, 0.05) is 24.4 Å². The molecule has 0 radical (unpaired) electrons. The Balaban J connectivity index is 1.48. The van der Waals surface area contributed by atoms with Crippen LogP contribution in [0, 0.1) is 0 Å². The van der Waals surface area contributed by atoms with Gasteiger partial charge in [-0.15, -0.1) is 5.10 Å². The highest BCUT2D eigenvalue weighted by Gasteiger charge is 2.47. The summed E-state index contributed by atoms with van der Waals surface area (Å²) in [4.78, 5) is 18.5. The Kier molecular flexibility index (Phi) is 4.50. The number of carbonyl (C=O) groups is 1. The summed E-state index contributed by atoms with van der Waals surface area (Å²) >= 11 is 1.19. The molecule has 2 aliphatic rings. The van der Waals surface area contributed by atoms with E-state index in [2.05, 4.69) is 14.6 Å². The van der Waals surface area contributed by atoms with Gasteiger partial charge in [-0.1, -0.05) is 4.49 Å². The summed E-state index contributed by atoms with van der Waals surface area (Å²) in [6, 6.07) is 3.91. The fourth-order valence-corrected chi connectivity index (χ4v) is 3.81. The van der Waals surface area contributed by atoms with Crippen LogP contribution < -0.4 is 0 Å². The van der Waals surface area contributed by atoms with Gasteiger partial charge in [0.15, 0.2) is 5.69 Å². The molecular weight excluding hydrogens is 328 g/mol. The Hall–Kier alpha value is -1.90. The van der Waals surface area contributed by atoms with Crippen LogP contribution >= 0.6 is 11.5 Å². The van der Waals surface area contributed by atoms with Crippen LogP contribution in [0.5, 0.6) is 0 Å². The molecule has 4 heterocycles. The minimum Gasteiger partial charge on any atom is -0.373 e. The van der Waals surface area contributed by atoms with E-state index in [-0.39, 0.29) is 24.2 Å². The third kappa shape index (κ3) is 3.04. The molecule has 2 fully saturated rings. The van der Waals surface area contributed by atoms with Gasteiger partial charge < -0.3 is 14.4 Å². The zero-order valence-corrected chi connectivity index (χ0v) is 13.9. The predicted octanol–water partition coefficient (Wildman–Crippen LogP) is 1.52. The Morgan fingerprint density at radius 1 is 1.42 bits per heavy atom. The summed E-state index contributed by atoms with van der Waals surface area (Å²) in [5.74, 6) is -0.0840. The van der Waals surface area contributed by atoms with Crippen molar-refractivity contribution in [1.82, 2.24) is 19.5 Å². The van der Waals surface area contributed by atoms with Gasteiger partial charge >= 0.3 is 0 Å². The van der Waals surface area contributed by atoms with Gasteiger partial charge in [0.25, 0.3) is 5.91 Å². The van der Waals surface area contributed by atoms with Gasteiger partial charge in [-0.05, 0) is 42.1 Å². The molecule has 2 aliphatic heterocycles. The average molecular weight is 346 g/mol. The maximum Gasteiger partial charge on any atom is 0.275 e. The number of pyridine rings is 1. The summed E-state index contributed by atoms with van der Waals surface area (Å²) < 4.78 is 15.8. The quantitative estimate of drug-likeness (QED) is 0.835. The van der Waals surface area contributed by atoms with Crippen molar-refractivity contribution in [2.75, 3.05) is 13.2 Å². The Labute approximate surface area is 143 Å². The number of fused-ring (bicyclic) bond motifs is 1. The number of hydrogen-bond donors (Lipinski definition) is 0. The van der Waals surface area contributed by atoms with Crippen molar-refractivity contribution >= 4 is 17.4 Å². The molecule has 24 heavy (non-hydrogen) atoms. The second kappa shape index (κ2) is 6.92. The molecule has 8 heteroatoms. The monoisotopic (exact) mass is 346 g/mol. The summed E-state index contributed by atoms with van der Waals surface area (Å²) in [5, 5.41) is 5.59. The number of carbonyl (C=O) groups excluding carboxylic acids is 1. The molecule has 2 aromatic rings. The van der Waals surface area contributed by atoms with Gasteiger partial charge in [-0.3, -0.25) is 9.78 Å². The van der Waals surface area contributed by atoms with Crippen molar-refractivity contribution < 1.29 is 14.3 Å². The minimum atomic E-state index is -0.126. The number of nitrogens with zero attached hydrogens (tertiary/aromatic N) is 4. The number of ether oxygens (including phenoxy) is 2. The summed E-state index contributed by atoms with van der Waals surface area (Å²) in [7, 11) is 0. The molecule has 0 saturated carbocycles. The van der Waals surface area contributed by atoms with Gasteiger partial charge in [0.1, 0.15) is 12.2 Å². The standard InChI is InChI=1S/C16H18N4O3S/c21-16(12-10-24-19-18-12)20-8-14(15-13(20)2-1-7-22-15)23-9-11-3-5-17-6-4-11/h3-6,10,13-15H,1-2,7-9H2/t13-,14+,15+/m1/s1. The third-order valence-electron chi connectivity index (χ3n) is 4.53. The van der Waals surface area contributed by atoms with Crippen LogP contribution in [-0.2, 0) is 16.1 Å². The third-order valence-corrected chi connectivity index (χ3v) is 5.04. The van der Waals surface area contributed by atoms with Crippen molar-refractivity contribution in [3.05, 3.63) is 41.2 Å². The Morgan fingerprint density at radius 3 is 3.08 bits per heavy atom. The van der Waals surface area contributed by atoms with E-state index in [0.717, 1.165) is 25.0 Å². The maximum absolute atomic E-state index is 12.7. The van der Waals surface area contributed by atoms with Crippen LogP contribution in [0.1, 0.15) is 28.9 Å². The SMILES string of the molecule is O=C(c1csnn1)N1C[C@H](OCc2ccncc2)[C@H]2OCCC[C@H]21. The highest BCUT2D eigenvalue weighted by Crippen LogP contribution is 2.32. The normalized spacial score (nSPS) is 26.3. The highest BCUT2D eigenvalue weighted by atomic mass is 32.1. The molecule has 0 aromatic carbocycles. The zero-order valence-electron chi connectivity index (χ0n) is 13.1. The van der Waals surface area contributed by atoms with E-state index in [1.54, 1.807) is 17.8 Å². The average Bonchev–Trinajstić information content (AvgIpc) is 3.29. The molecule has 0 unspecified atom stereocenters. The first-order valence-corrected chi connectivity index (χ1v) is 8.87. The van der Waals surface area contributed by atoms with E-state index in [4.69, 9.17) is 9.47 Å². The van der Waals surface area contributed by atoms with Crippen LogP contribution in [0.15, 0.2) is 29.9 Å². The van der Waals surface area contributed by atoms with E-state index in [1.165, 1.54) is 11.5 Å². The molecule has 0 bridgehead atoms. The molecular formula is C16H18N4O3S. The van der Waals surface area contributed by atoms with Crippen molar-refractivity contribution in [3.8, 4) is 0 Å². The number of likely N-dealkylation sites (tertiary alicyclic amines) is 1. The lowest BCUT2D eigenvalue weighted by Gasteiger charge is -2.31. The molecule has 3 atom stereocenters. The fraction of sp³-hybridized carbons (Fsp3) is 0.500. The van der Waals surface area contributed by atoms with Gasteiger partial charge in [0.05, 0.1) is 19.2 Å². The van der Waals surface area contributed by atoms with Crippen molar-refractivity contribution in [1.29, 1.82) is 0 Å². The second-order valence-corrected chi connectivity index (χ2v) is 6.61. The van der Waals surface area contributed by atoms with E-state index < -0.39 is 0 Å². The first kappa shape index (κ1) is 15.6. The lowest BCUT2D eigenvalue weighted by atomic mass is 10.0. The maximum atomic E-state index is 12.7. The lowest BCUT2D eigenvalue weighted by Crippen LogP contribution is -2.44. The van der Waals surface area contributed by atoms with Crippen molar-refractivity contribution in [3.63, 3.8) is 0 Å². The molecule has 2 aromatic heterocycles. The van der Waals surface area contributed by atoms with E-state index >= 15 is 0 Å². The smallest absolute Gasteiger partial charge is 0.275 e. The van der Waals surface area contributed by atoms with Crippen LogP contribution in [0.25, 0.3) is 0 Å². The Morgan fingerprint density at radius 2 is 2.29 bits per heavy atom. The van der Waals surface area contributed by atoms with Crippen LogP contribution in [-0.4, -0.2) is 56.8 Å². The molecule has 2 saturated heterocycles. The minimum absolute atomic E-state index is 0.0513. The molecule has 0 spiro atoms. The summed E-state index contributed by atoms with van der Waals surface area (Å²) in [6.07, 6.45) is 5.19. The molecule has 7 nitrogen and oxygen atoms in total. The Bertz CT molecular complexity index is 682. The van der Waals surface area contributed by atoms with Gasteiger partial charge in [-0.2, -0.15) is 0 Å². The molecule has 0 aliphatic carbocycles. The topological polar surface area (TPSA) is 77.4 Å². The zero-order chi connectivity index (χ0) is 16.4. The number of hydrogen-bond acceptors (Lipinski definition) is 7. The van der Waals surface area contributed by atoms with Crippen LogP contribution in [0.4, 0.5) is 0 Å². The fourth-order valence-electron chi connectivity index (χ4n) is 3.38. The number of aromatic nitrogens is 3. The van der Waals surface area contributed by atoms with Gasteiger partial charge in [0.2, 0.25) is 0 Å². The summed E-state index contributed by atoms with van der Waals surface area (Å²) in [6.45, 7) is 1.73. The van der Waals surface area contributed by atoms with E-state index in [0.29, 0.717) is 18.8 Å². The van der Waals surface area contributed by atoms with E-state index in [9.17, 15) is 4.79 Å². The van der Waals surface area contributed by atoms with Crippen LogP contribution in [0.2, 0.25) is 0 Å². The van der Waals surface area contributed by atoms with Gasteiger partial charge in [-0.25, -0.2) is 0 Å². The molecule has 4 rings (SSSR count). The van der Waals surface area contributed by atoms with Crippen molar-refractivity contribution in [2.45, 2.75) is 37.7 Å². The predicted molar refractivity (Wildman–Crippen MR) is 86.5 cm³/mol. The first-order valence-electron chi connectivity index (χ1n) is 8.03. The second-order valence-electron chi connectivity index (χ2n) is 6.00. The van der Waals surface area contributed by atoms with Crippen LogP contribution in [0.3, 0.4) is 0 Å². The highest BCUT2D eigenvalue weighted by molar-refractivity contribution is 7.03. The van der Waals surface area contributed by atoms with E-state index in [1.807, 2.05) is 17.0 Å². The molecule has 0 N–H and O–H groups in total. The number of amides is 1. The molecule has 1 amide bonds. The molecule has 126 valence electrons.